The van der Waals surface area contributed by atoms with Gasteiger partial charge in [-0.1, -0.05) is 0 Å². The molecule has 0 atom stereocenters. The van der Waals surface area contributed by atoms with Crippen molar-refractivity contribution in [1.29, 1.82) is 0 Å². The Kier molecular flexibility index (Phi) is 4.40. The van der Waals surface area contributed by atoms with Gasteiger partial charge in [-0.25, -0.2) is 4.39 Å². The van der Waals surface area contributed by atoms with Crippen molar-refractivity contribution in [2.75, 3.05) is 5.73 Å². The summed E-state index contributed by atoms with van der Waals surface area (Å²) in [5, 5.41) is 27.4. The van der Waals surface area contributed by atoms with E-state index in [1.807, 2.05) is 0 Å². The molecule has 0 radical (unpaired) electrons. The van der Waals surface area contributed by atoms with Crippen molar-refractivity contribution in [2.45, 2.75) is 45.1 Å². The third kappa shape index (κ3) is 3.46. The summed E-state index contributed by atoms with van der Waals surface area (Å²) < 4.78 is 44.7. The molecule has 2 aromatic rings. The van der Waals surface area contributed by atoms with Crippen LogP contribution in [0.15, 0.2) is 18.2 Å². The number of hydrogen-bond donors (Lipinski definition) is 4. The van der Waals surface area contributed by atoms with Gasteiger partial charge in [0.25, 0.3) is 0 Å². The van der Waals surface area contributed by atoms with Gasteiger partial charge in [-0.2, -0.15) is 4.39 Å². The van der Waals surface area contributed by atoms with E-state index in [4.69, 9.17) is 30.4 Å². The summed E-state index contributed by atoms with van der Waals surface area (Å²) in [5.74, 6) is -3.76. The maximum atomic E-state index is 14.4. The number of benzene rings is 2. The van der Waals surface area contributed by atoms with Gasteiger partial charge >= 0.3 is 13.3 Å². The van der Waals surface area contributed by atoms with Crippen LogP contribution in [0.1, 0.15) is 27.7 Å². The van der Waals surface area contributed by atoms with Crippen LogP contribution in [0.3, 0.4) is 0 Å². The second kappa shape index (κ2) is 6.01. The Labute approximate surface area is 154 Å². The van der Waals surface area contributed by atoms with E-state index in [1.54, 1.807) is 27.7 Å². The molecule has 1 aliphatic heterocycles. The van der Waals surface area contributed by atoms with Crippen molar-refractivity contribution in [3.05, 3.63) is 29.8 Å². The Balaban J connectivity index is 2.29. The standard InChI is InChI=1S/C17H20BF2NO6/c1-15(2)16(3,4)27-18(26-15)10-7-9(21)5-8-6-11(19)13(20)14(12(8)10)25-17(22,23)24/h5-7,22-24H,21H2,1-4H3. The van der Waals surface area contributed by atoms with Crippen molar-refractivity contribution < 1.29 is 38.1 Å². The molecule has 0 unspecified atom stereocenters. The van der Waals surface area contributed by atoms with E-state index in [0.29, 0.717) is 0 Å². The number of halogens is 2. The van der Waals surface area contributed by atoms with E-state index in [-0.39, 0.29) is 21.9 Å². The fraction of sp³-hybridized carbons (Fsp3) is 0.412. The van der Waals surface area contributed by atoms with E-state index < -0.39 is 41.9 Å². The zero-order chi connectivity index (χ0) is 20.4. The molecule has 5 N–H and O–H groups in total. The second-order valence-electron chi connectivity index (χ2n) is 7.47. The first-order chi connectivity index (χ1) is 12.2. The number of anilines is 1. The van der Waals surface area contributed by atoms with Crippen LogP contribution < -0.4 is 15.9 Å². The number of ether oxygens (including phenoxy) is 1. The SMILES string of the molecule is CC1(C)OB(c2cc(N)cc3cc(F)c(F)c(OC(O)(O)O)c23)OC1(C)C. The highest BCUT2D eigenvalue weighted by molar-refractivity contribution is 6.65. The molecule has 10 heteroatoms. The minimum Gasteiger partial charge on any atom is -0.413 e. The highest BCUT2D eigenvalue weighted by atomic mass is 19.2. The highest BCUT2D eigenvalue weighted by Gasteiger charge is 2.52. The lowest BCUT2D eigenvalue weighted by molar-refractivity contribution is -0.419. The fourth-order valence-corrected chi connectivity index (χ4v) is 2.89. The van der Waals surface area contributed by atoms with Crippen molar-refractivity contribution in [3.8, 4) is 5.75 Å². The molecule has 1 fully saturated rings. The molecular formula is C17H20BF2NO6. The molecule has 1 heterocycles. The quantitative estimate of drug-likeness (QED) is 0.355. The van der Waals surface area contributed by atoms with Crippen LogP contribution in [0.5, 0.6) is 5.75 Å². The van der Waals surface area contributed by atoms with Crippen molar-refractivity contribution in [2.24, 2.45) is 0 Å². The normalized spacial score (nSPS) is 18.9. The molecule has 146 valence electrons. The van der Waals surface area contributed by atoms with Gasteiger partial charge in [0.1, 0.15) is 0 Å². The average Bonchev–Trinajstić information content (AvgIpc) is 2.70. The van der Waals surface area contributed by atoms with Crippen LogP contribution >= 0.6 is 0 Å². The monoisotopic (exact) mass is 383 g/mol. The van der Waals surface area contributed by atoms with Gasteiger partial charge in [0.05, 0.1) is 11.2 Å². The summed E-state index contributed by atoms with van der Waals surface area (Å²) in [7, 11) is -1.03. The molecule has 3 rings (SSSR count). The smallest absolute Gasteiger partial charge is 0.413 e. The van der Waals surface area contributed by atoms with Crippen molar-refractivity contribution in [1.82, 2.24) is 0 Å². The lowest BCUT2D eigenvalue weighted by Gasteiger charge is -2.32. The summed E-state index contributed by atoms with van der Waals surface area (Å²) in [5.41, 5.74) is 4.81. The summed E-state index contributed by atoms with van der Waals surface area (Å²) >= 11 is 0. The van der Waals surface area contributed by atoms with Crippen molar-refractivity contribution in [3.63, 3.8) is 0 Å². The lowest BCUT2D eigenvalue weighted by Crippen LogP contribution is -2.41. The Bertz CT molecular complexity index is 897. The molecular weight excluding hydrogens is 363 g/mol. The molecule has 0 bridgehead atoms. The highest BCUT2D eigenvalue weighted by Crippen LogP contribution is 2.39. The molecule has 0 saturated carbocycles. The third-order valence-corrected chi connectivity index (χ3v) is 4.89. The number of hydrogen-bond acceptors (Lipinski definition) is 7. The van der Waals surface area contributed by atoms with Crippen LogP contribution in [-0.4, -0.2) is 39.8 Å². The number of nitrogen functional groups attached to an aromatic ring is 1. The Hall–Kier alpha value is -1.98. The van der Waals surface area contributed by atoms with Crippen LogP contribution in [-0.2, 0) is 9.31 Å². The third-order valence-electron chi connectivity index (χ3n) is 4.89. The zero-order valence-corrected chi connectivity index (χ0v) is 15.2. The molecule has 0 aromatic heterocycles. The zero-order valence-electron chi connectivity index (χ0n) is 15.2. The minimum absolute atomic E-state index is 0.0804. The average molecular weight is 383 g/mol. The minimum atomic E-state index is -3.73. The first kappa shape index (κ1) is 19.8. The number of aliphatic hydroxyl groups is 3. The Morgan fingerprint density at radius 1 is 1.04 bits per heavy atom. The van der Waals surface area contributed by atoms with E-state index >= 15 is 0 Å². The number of rotatable bonds is 3. The Morgan fingerprint density at radius 3 is 2.11 bits per heavy atom. The van der Waals surface area contributed by atoms with E-state index in [2.05, 4.69) is 4.74 Å². The van der Waals surface area contributed by atoms with Gasteiger partial charge in [-0.15, -0.1) is 0 Å². The molecule has 27 heavy (non-hydrogen) atoms. The fourth-order valence-electron chi connectivity index (χ4n) is 2.89. The number of fused-ring (bicyclic) bond motifs is 1. The van der Waals surface area contributed by atoms with E-state index in [9.17, 15) is 8.78 Å². The molecule has 0 spiro atoms. The molecule has 7 nitrogen and oxygen atoms in total. The maximum absolute atomic E-state index is 14.4. The van der Waals surface area contributed by atoms with Gasteiger partial charge in [-0.05, 0) is 56.7 Å². The lowest BCUT2D eigenvalue weighted by atomic mass is 9.75. The molecule has 1 aliphatic rings. The summed E-state index contributed by atoms with van der Waals surface area (Å²) in [4.78, 5) is 0. The Morgan fingerprint density at radius 2 is 1.59 bits per heavy atom. The summed E-state index contributed by atoms with van der Waals surface area (Å²) in [6, 6.07) is 3.63. The predicted octanol–water partition coefficient (Wildman–Crippen LogP) is 0.966. The first-order valence-electron chi connectivity index (χ1n) is 8.15. The van der Waals surface area contributed by atoms with Gasteiger partial charge < -0.3 is 35.1 Å². The summed E-state index contributed by atoms with van der Waals surface area (Å²) in [6.07, 6.45) is -3.73. The van der Waals surface area contributed by atoms with Gasteiger partial charge in [0.15, 0.2) is 11.6 Å². The van der Waals surface area contributed by atoms with Crippen LogP contribution in [0.4, 0.5) is 14.5 Å². The maximum Gasteiger partial charge on any atom is 0.495 e. The predicted molar refractivity (Wildman–Crippen MR) is 94.0 cm³/mol. The van der Waals surface area contributed by atoms with Crippen molar-refractivity contribution >= 4 is 29.0 Å². The molecule has 1 saturated heterocycles. The van der Waals surface area contributed by atoms with Crippen LogP contribution in [0, 0.1) is 11.6 Å². The van der Waals surface area contributed by atoms with E-state index in [1.165, 1.54) is 12.1 Å². The second-order valence-corrected chi connectivity index (χ2v) is 7.47. The van der Waals surface area contributed by atoms with Crippen LogP contribution in [0.2, 0.25) is 0 Å². The van der Waals surface area contributed by atoms with E-state index in [0.717, 1.165) is 6.07 Å². The van der Waals surface area contributed by atoms with Gasteiger partial charge in [0, 0.05) is 11.1 Å². The molecule has 0 amide bonds. The summed E-state index contributed by atoms with van der Waals surface area (Å²) in [6.45, 7) is 7.22. The largest absolute Gasteiger partial charge is 0.495 e. The van der Waals surface area contributed by atoms with Gasteiger partial charge in [0.2, 0.25) is 5.82 Å². The number of nitrogens with two attached hydrogens (primary N) is 1. The van der Waals surface area contributed by atoms with Gasteiger partial charge in [-0.3, -0.25) is 0 Å². The van der Waals surface area contributed by atoms with Crippen LogP contribution in [0.25, 0.3) is 10.8 Å². The topological polar surface area (TPSA) is 114 Å². The molecule has 0 aliphatic carbocycles. The molecule has 2 aromatic carbocycles. The first-order valence-corrected chi connectivity index (χ1v) is 8.15.